The van der Waals surface area contributed by atoms with Crippen LogP contribution in [-0.4, -0.2) is 59.7 Å². The predicted molar refractivity (Wildman–Crippen MR) is 101 cm³/mol. The molecule has 0 atom stereocenters. The molecule has 7 nitrogen and oxygen atoms in total. The molecular weight excluding hydrogens is 455 g/mol. The second-order valence-electron chi connectivity index (χ2n) is 9.00. The molecule has 0 unspecified atom stereocenters. The number of nitrogens with one attached hydrogen (secondary N) is 1. The molecule has 5 rings (SSSR count). The minimum atomic E-state index is -4.74. The van der Waals surface area contributed by atoms with Crippen molar-refractivity contribution in [2.75, 3.05) is 13.2 Å². The average Bonchev–Trinajstić information content (AvgIpc) is 2.64. The molecule has 0 radical (unpaired) electrons. The van der Waals surface area contributed by atoms with Crippen molar-refractivity contribution in [1.82, 2.24) is 10.2 Å². The van der Waals surface area contributed by atoms with Gasteiger partial charge in [0.2, 0.25) is 6.41 Å². The number of benzene rings is 1. The van der Waals surface area contributed by atoms with Gasteiger partial charge in [-0.3, -0.25) is 19.1 Å². The fraction of sp³-hybridized carbons (Fsp3) is 0.571. The summed E-state index contributed by atoms with van der Waals surface area (Å²) in [5.74, 6) is -3.48. The molecule has 0 aromatic heterocycles. The highest BCUT2D eigenvalue weighted by molar-refractivity contribution is 5.86. The predicted octanol–water partition coefficient (Wildman–Crippen LogP) is 2.48. The number of carbonyl (C=O) groups excluding carboxylic acids is 3. The summed E-state index contributed by atoms with van der Waals surface area (Å²) in [4.78, 5) is 37.4. The van der Waals surface area contributed by atoms with Gasteiger partial charge in [0.05, 0.1) is 12.6 Å². The number of ketones is 1. The van der Waals surface area contributed by atoms with E-state index in [1.165, 1.54) is 11.0 Å². The van der Waals surface area contributed by atoms with Crippen molar-refractivity contribution in [3.8, 4) is 5.75 Å². The normalized spacial score (nSPS) is 29.7. The Morgan fingerprint density at radius 1 is 1.15 bits per heavy atom. The Kier molecular flexibility index (Phi) is 5.83. The highest BCUT2D eigenvalue weighted by atomic mass is 19.4. The number of nitrogens with zero attached hydrogens (tertiary/aromatic N) is 1. The zero-order valence-electron chi connectivity index (χ0n) is 17.3. The number of halogens is 5. The molecule has 4 aliphatic carbocycles. The Labute approximate surface area is 185 Å². The lowest BCUT2D eigenvalue weighted by atomic mass is 9.43. The van der Waals surface area contributed by atoms with Crippen molar-refractivity contribution in [3.63, 3.8) is 0 Å². The zero-order valence-corrected chi connectivity index (χ0v) is 17.3. The average molecular weight is 476 g/mol. The van der Waals surface area contributed by atoms with Gasteiger partial charge in [0.1, 0.15) is 5.75 Å². The van der Waals surface area contributed by atoms with Crippen LogP contribution in [0.3, 0.4) is 0 Å². The van der Waals surface area contributed by atoms with Gasteiger partial charge in [0, 0.05) is 23.1 Å². The molecule has 2 bridgehead atoms. The summed E-state index contributed by atoms with van der Waals surface area (Å²) in [5, 5.41) is 2.80. The Morgan fingerprint density at radius 3 is 2.39 bits per heavy atom. The van der Waals surface area contributed by atoms with Crippen LogP contribution in [0.25, 0.3) is 0 Å². The molecule has 0 saturated heterocycles. The lowest BCUT2D eigenvalue weighted by Gasteiger charge is -2.72. The summed E-state index contributed by atoms with van der Waals surface area (Å²) >= 11 is 0. The summed E-state index contributed by atoms with van der Waals surface area (Å²) in [6.07, 6.45) is -3.97. The van der Waals surface area contributed by atoms with Crippen LogP contribution in [0.2, 0.25) is 0 Å². The van der Waals surface area contributed by atoms with Crippen molar-refractivity contribution in [2.45, 2.75) is 55.6 Å². The van der Waals surface area contributed by atoms with E-state index in [2.05, 4.69) is 10.1 Å². The van der Waals surface area contributed by atoms with Gasteiger partial charge in [-0.25, -0.2) is 8.78 Å². The van der Waals surface area contributed by atoms with Crippen LogP contribution in [0.15, 0.2) is 18.2 Å². The van der Waals surface area contributed by atoms with Crippen LogP contribution >= 0.6 is 0 Å². The minimum absolute atomic E-state index is 0.00243. The Bertz CT molecular complexity index is 943. The monoisotopic (exact) mass is 476 g/mol. The number of hydrogen-bond donors (Lipinski definition) is 1. The van der Waals surface area contributed by atoms with Crippen molar-refractivity contribution in [2.24, 2.45) is 5.92 Å². The van der Waals surface area contributed by atoms with Gasteiger partial charge in [0.25, 0.3) is 5.91 Å². The summed E-state index contributed by atoms with van der Waals surface area (Å²) in [6.45, 7) is -0.602. The molecule has 1 aromatic rings. The quantitative estimate of drug-likeness (QED) is 0.415. The van der Waals surface area contributed by atoms with Crippen LogP contribution < -0.4 is 10.1 Å². The molecule has 12 heteroatoms. The molecule has 2 amide bonds. The van der Waals surface area contributed by atoms with Crippen molar-refractivity contribution >= 4 is 18.1 Å². The second kappa shape index (κ2) is 8.23. The van der Waals surface area contributed by atoms with Gasteiger partial charge in [-0.2, -0.15) is 0 Å². The van der Waals surface area contributed by atoms with Gasteiger partial charge < -0.3 is 15.0 Å². The van der Waals surface area contributed by atoms with E-state index in [0.717, 1.165) is 12.1 Å². The maximum atomic E-state index is 13.2. The van der Waals surface area contributed by atoms with Gasteiger partial charge in [0.15, 0.2) is 24.0 Å². The van der Waals surface area contributed by atoms with E-state index in [0.29, 0.717) is 25.7 Å². The topological polar surface area (TPSA) is 84.9 Å². The highest BCUT2D eigenvalue weighted by Crippen LogP contribution is 2.63. The molecule has 1 aromatic carbocycles. The maximum absolute atomic E-state index is 13.2. The number of hydrogen-bond acceptors (Lipinski definition) is 5. The first-order valence-corrected chi connectivity index (χ1v) is 10.3. The van der Waals surface area contributed by atoms with E-state index >= 15 is 0 Å². The van der Waals surface area contributed by atoms with Crippen LogP contribution in [-0.2, 0) is 19.1 Å². The molecule has 4 aliphatic rings. The largest absolute Gasteiger partial charge is 0.522 e. The Hall–Kier alpha value is -2.76. The number of rotatable bonds is 10. The van der Waals surface area contributed by atoms with Crippen molar-refractivity contribution in [1.29, 1.82) is 0 Å². The Balaban J connectivity index is 1.20. The molecule has 0 spiro atoms. The third-order valence-corrected chi connectivity index (χ3v) is 6.58. The van der Waals surface area contributed by atoms with Crippen molar-refractivity contribution < 1.29 is 45.8 Å². The fourth-order valence-corrected chi connectivity index (χ4v) is 4.95. The van der Waals surface area contributed by atoms with Crippen LogP contribution in [0.5, 0.6) is 5.75 Å². The number of amides is 2. The fourth-order valence-electron chi connectivity index (χ4n) is 4.95. The Morgan fingerprint density at radius 2 is 1.82 bits per heavy atom. The molecule has 33 heavy (non-hydrogen) atoms. The summed E-state index contributed by atoms with van der Waals surface area (Å²) in [6, 6.07) is 2.91. The van der Waals surface area contributed by atoms with Crippen molar-refractivity contribution in [3.05, 3.63) is 29.8 Å². The molecule has 180 valence electrons. The summed E-state index contributed by atoms with van der Waals surface area (Å²) in [7, 11) is 0. The summed E-state index contributed by atoms with van der Waals surface area (Å²) in [5.41, 5.74) is -1.09. The second-order valence-corrected chi connectivity index (χ2v) is 9.00. The molecule has 0 aliphatic heterocycles. The highest BCUT2D eigenvalue weighted by Gasteiger charge is 2.71. The van der Waals surface area contributed by atoms with E-state index in [9.17, 15) is 36.3 Å². The first kappa shape index (κ1) is 23.4. The number of carbonyl (C=O) groups is 3. The first-order chi connectivity index (χ1) is 15.4. The third-order valence-electron chi connectivity index (χ3n) is 6.58. The lowest BCUT2D eigenvalue weighted by Crippen LogP contribution is -2.84. The van der Waals surface area contributed by atoms with Gasteiger partial charge in [-0.05, 0) is 44.2 Å². The van der Waals surface area contributed by atoms with E-state index in [-0.39, 0.29) is 30.9 Å². The molecule has 1 N–H and O–H groups in total. The first-order valence-electron chi connectivity index (χ1n) is 10.3. The molecule has 4 fully saturated rings. The van der Waals surface area contributed by atoms with E-state index < -0.39 is 53.6 Å². The molecular formula is C21H21F5N2O5. The lowest BCUT2D eigenvalue weighted by molar-refractivity contribution is -0.353. The van der Waals surface area contributed by atoms with E-state index in [4.69, 9.17) is 4.74 Å². The van der Waals surface area contributed by atoms with Crippen LogP contribution in [0.4, 0.5) is 22.0 Å². The van der Waals surface area contributed by atoms with E-state index in [1.54, 1.807) is 0 Å². The van der Waals surface area contributed by atoms with E-state index in [1.807, 2.05) is 0 Å². The summed E-state index contributed by atoms with van der Waals surface area (Å²) < 4.78 is 71.7. The number of alkyl halides is 3. The zero-order chi connectivity index (χ0) is 24.0. The van der Waals surface area contributed by atoms with Crippen LogP contribution in [0.1, 0.15) is 32.1 Å². The minimum Gasteiger partial charge on any atom is -0.484 e. The van der Waals surface area contributed by atoms with Gasteiger partial charge in [-0.15, -0.1) is 13.2 Å². The standard InChI is InChI=1S/C21H21F5N2O5/c22-15-2-1-13(5-16(15)23)32-7-18(31)27-19-8-20(9-19,10-19)28(11-29)6-17(30)12-3-14(4-12)33-21(24,25)26/h1-2,5,11-12,14H,3-4,6-10H2,(H,27,31). The molecule has 4 saturated carbocycles. The third kappa shape index (κ3) is 4.80. The maximum Gasteiger partial charge on any atom is 0.522 e. The smallest absolute Gasteiger partial charge is 0.484 e. The van der Waals surface area contributed by atoms with Gasteiger partial charge >= 0.3 is 6.36 Å². The number of Topliss-reactive ketones (excluding diaryl/α,β-unsaturated/α-hetero) is 1. The molecule has 0 heterocycles. The van der Waals surface area contributed by atoms with Crippen LogP contribution in [0, 0.1) is 17.6 Å². The number of ether oxygens (including phenoxy) is 2. The SMILES string of the molecule is O=CN(CC(=O)C1CC(OC(F)(F)F)C1)C12CC(NC(=O)COc3ccc(F)c(F)c3)(C1)C2. The van der Waals surface area contributed by atoms with Gasteiger partial charge in [-0.1, -0.05) is 0 Å².